The number of unbranched alkanes of at least 4 members (excludes halogenated alkanes) is 35. The van der Waals surface area contributed by atoms with E-state index in [2.05, 4.69) is 57.2 Å². The van der Waals surface area contributed by atoms with Crippen LogP contribution in [0.1, 0.15) is 303 Å². The van der Waals surface area contributed by atoms with E-state index in [0.29, 0.717) is 19.3 Å². The van der Waals surface area contributed by atoms with Crippen molar-refractivity contribution in [3.05, 3.63) is 36.5 Å². The highest BCUT2D eigenvalue weighted by Gasteiger charge is 2.19. The quantitative estimate of drug-likeness (QED) is 0.0262. The van der Waals surface area contributed by atoms with Gasteiger partial charge in [-0.25, -0.2) is 0 Å². The molecule has 0 bridgehead atoms. The summed E-state index contributed by atoms with van der Waals surface area (Å²) >= 11 is 0. The molecule has 0 heterocycles. The lowest BCUT2D eigenvalue weighted by Crippen LogP contribution is -2.30. The third-order valence-corrected chi connectivity index (χ3v) is 12.6. The number of esters is 3. The number of allylic oxidation sites excluding steroid dienone is 6. The Morgan fingerprint density at radius 3 is 0.785 bits per heavy atom. The largest absolute Gasteiger partial charge is 0.462 e. The monoisotopic (exact) mass is 913 g/mol. The van der Waals surface area contributed by atoms with Crippen molar-refractivity contribution in [2.75, 3.05) is 13.2 Å². The number of ether oxygens (including phenoxy) is 3. The predicted octanol–water partition coefficient (Wildman–Crippen LogP) is 18.9. The first kappa shape index (κ1) is 62.6. The summed E-state index contributed by atoms with van der Waals surface area (Å²) in [7, 11) is 0. The summed E-state index contributed by atoms with van der Waals surface area (Å²) in [6.07, 6.45) is 64.1. The average molecular weight is 914 g/mol. The van der Waals surface area contributed by atoms with Gasteiger partial charge in [-0.15, -0.1) is 0 Å². The molecule has 0 fully saturated rings. The van der Waals surface area contributed by atoms with Crippen LogP contribution in [-0.4, -0.2) is 37.2 Å². The third kappa shape index (κ3) is 52.5. The summed E-state index contributed by atoms with van der Waals surface area (Å²) < 4.78 is 16.9. The van der Waals surface area contributed by atoms with Gasteiger partial charge in [-0.1, -0.05) is 224 Å². The van der Waals surface area contributed by atoms with Crippen LogP contribution in [0.25, 0.3) is 0 Å². The van der Waals surface area contributed by atoms with E-state index in [9.17, 15) is 14.4 Å². The Labute approximate surface area is 404 Å². The van der Waals surface area contributed by atoms with E-state index in [-0.39, 0.29) is 31.1 Å². The lowest BCUT2D eigenvalue weighted by molar-refractivity contribution is -0.167. The van der Waals surface area contributed by atoms with Crippen LogP contribution in [0.5, 0.6) is 0 Å². The second-order valence-corrected chi connectivity index (χ2v) is 19.2. The number of carbonyl (C=O) groups is 3. The minimum atomic E-state index is -0.778. The van der Waals surface area contributed by atoms with Crippen LogP contribution >= 0.6 is 0 Å². The van der Waals surface area contributed by atoms with Gasteiger partial charge in [0, 0.05) is 19.3 Å². The molecular weight excluding hydrogens is 805 g/mol. The van der Waals surface area contributed by atoms with Crippen molar-refractivity contribution in [1.82, 2.24) is 0 Å². The first-order valence-electron chi connectivity index (χ1n) is 28.5. The van der Waals surface area contributed by atoms with Crippen molar-refractivity contribution < 1.29 is 28.6 Å². The van der Waals surface area contributed by atoms with Crippen LogP contribution in [0.15, 0.2) is 36.5 Å². The molecular formula is C59H108O6. The molecule has 0 rings (SSSR count). The van der Waals surface area contributed by atoms with Gasteiger partial charge in [0.1, 0.15) is 13.2 Å². The number of hydrogen-bond acceptors (Lipinski definition) is 6. The van der Waals surface area contributed by atoms with Gasteiger partial charge in [0.15, 0.2) is 6.10 Å². The Morgan fingerprint density at radius 1 is 0.292 bits per heavy atom. The van der Waals surface area contributed by atoms with Gasteiger partial charge in [0.2, 0.25) is 0 Å². The maximum absolute atomic E-state index is 12.8. The first-order valence-corrected chi connectivity index (χ1v) is 28.5. The minimum absolute atomic E-state index is 0.0770. The van der Waals surface area contributed by atoms with Crippen LogP contribution in [0, 0.1) is 0 Å². The smallest absolute Gasteiger partial charge is 0.306 e. The Hall–Kier alpha value is -2.37. The van der Waals surface area contributed by atoms with E-state index in [1.165, 1.54) is 199 Å². The van der Waals surface area contributed by atoms with Crippen LogP contribution in [0.3, 0.4) is 0 Å². The molecule has 0 aliphatic carbocycles. The SMILES string of the molecule is CCCCCC/C=C\CCCCCCCCCC(=O)OC[C@@H](COC(=O)CCCCCCCCC/C=C\CCCCCCCC)OC(=O)CCCCCCC/C=C\CCCCCCCC. The Balaban J connectivity index is 4.37. The highest BCUT2D eigenvalue weighted by molar-refractivity contribution is 5.71. The highest BCUT2D eigenvalue weighted by Crippen LogP contribution is 2.15. The molecule has 0 saturated carbocycles. The number of rotatable bonds is 52. The minimum Gasteiger partial charge on any atom is -0.462 e. The summed E-state index contributed by atoms with van der Waals surface area (Å²) in [6.45, 7) is 6.64. The molecule has 0 aromatic heterocycles. The van der Waals surface area contributed by atoms with Crippen molar-refractivity contribution in [1.29, 1.82) is 0 Å². The van der Waals surface area contributed by atoms with Gasteiger partial charge in [-0.05, 0) is 96.3 Å². The fourth-order valence-electron chi connectivity index (χ4n) is 8.25. The second kappa shape index (κ2) is 54.2. The molecule has 0 aliphatic heterocycles. The van der Waals surface area contributed by atoms with Crippen LogP contribution < -0.4 is 0 Å². The van der Waals surface area contributed by atoms with Crippen molar-refractivity contribution in [2.45, 2.75) is 309 Å². The molecule has 0 radical (unpaired) electrons. The molecule has 380 valence electrons. The average Bonchev–Trinajstić information content (AvgIpc) is 3.30. The van der Waals surface area contributed by atoms with Crippen molar-refractivity contribution in [3.8, 4) is 0 Å². The fraction of sp³-hybridized carbons (Fsp3) is 0.847. The Bertz CT molecular complexity index is 1090. The zero-order chi connectivity index (χ0) is 47.2. The lowest BCUT2D eigenvalue weighted by atomic mass is 10.1. The topological polar surface area (TPSA) is 78.9 Å². The second-order valence-electron chi connectivity index (χ2n) is 19.2. The van der Waals surface area contributed by atoms with E-state index in [1.807, 2.05) is 0 Å². The summed E-state index contributed by atoms with van der Waals surface area (Å²) in [5.74, 6) is -0.880. The zero-order valence-corrected chi connectivity index (χ0v) is 43.5. The molecule has 0 aliphatic rings. The molecule has 0 aromatic rings. The van der Waals surface area contributed by atoms with E-state index in [1.54, 1.807) is 0 Å². The highest BCUT2D eigenvalue weighted by atomic mass is 16.6. The molecule has 65 heavy (non-hydrogen) atoms. The summed E-state index contributed by atoms with van der Waals surface area (Å²) in [5, 5.41) is 0. The molecule has 6 nitrogen and oxygen atoms in total. The maximum Gasteiger partial charge on any atom is 0.306 e. The van der Waals surface area contributed by atoms with E-state index in [0.717, 1.165) is 64.2 Å². The molecule has 0 saturated heterocycles. The molecule has 0 amide bonds. The van der Waals surface area contributed by atoms with Gasteiger partial charge in [0.05, 0.1) is 0 Å². The van der Waals surface area contributed by atoms with E-state index >= 15 is 0 Å². The molecule has 1 atom stereocenters. The summed E-state index contributed by atoms with van der Waals surface area (Å²) in [5.41, 5.74) is 0. The van der Waals surface area contributed by atoms with Gasteiger partial charge in [0.25, 0.3) is 0 Å². The third-order valence-electron chi connectivity index (χ3n) is 12.6. The molecule has 0 unspecified atom stereocenters. The first-order chi connectivity index (χ1) is 32.0. The molecule has 6 heteroatoms. The predicted molar refractivity (Wildman–Crippen MR) is 279 cm³/mol. The van der Waals surface area contributed by atoms with Crippen molar-refractivity contribution in [2.24, 2.45) is 0 Å². The maximum atomic E-state index is 12.8. The van der Waals surface area contributed by atoms with E-state index < -0.39 is 6.10 Å². The summed E-state index contributed by atoms with van der Waals surface area (Å²) in [6, 6.07) is 0. The van der Waals surface area contributed by atoms with Crippen molar-refractivity contribution in [3.63, 3.8) is 0 Å². The van der Waals surface area contributed by atoms with Crippen LogP contribution in [0.4, 0.5) is 0 Å². The molecule has 0 N–H and O–H groups in total. The van der Waals surface area contributed by atoms with Gasteiger partial charge in [-0.2, -0.15) is 0 Å². The standard InChI is InChI=1S/C59H108O6/c1-4-7-10-13-16-19-22-25-28-29-32-34-37-40-43-46-49-52-58(61)64-55-56(65-59(62)53-50-47-44-41-38-35-31-27-24-21-18-15-12-9-6-3)54-63-57(60)51-48-45-42-39-36-33-30-26-23-20-17-14-11-8-5-2/h20,23,25,27-28,31,56H,4-19,21-22,24,26,29-30,32-55H2,1-3H3/b23-20-,28-25-,31-27-/t56-/m0/s1. The van der Waals surface area contributed by atoms with Crippen LogP contribution in [0.2, 0.25) is 0 Å². The van der Waals surface area contributed by atoms with Gasteiger partial charge >= 0.3 is 17.9 Å². The van der Waals surface area contributed by atoms with Crippen molar-refractivity contribution >= 4 is 17.9 Å². The molecule has 0 aromatic carbocycles. The zero-order valence-electron chi connectivity index (χ0n) is 43.5. The normalized spacial score (nSPS) is 12.2. The number of hydrogen-bond donors (Lipinski definition) is 0. The lowest BCUT2D eigenvalue weighted by Gasteiger charge is -2.18. The van der Waals surface area contributed by atoms with Crippen LogP contribution in [-0.2, 0) is 28.6 Å². The summed E-state index contributed by atoms with van der Waals surface area (Å²) in [4.78, 5) is 38.1. The van der Waals surface area contributed by atoms with Gasteiger partial charge in [-0.3, -0.25) is 14.4 Å². The fourth-order valence-corrected chi connectivity index (χ4v) is 8.25. The van der Waals surface area contributed by atoms with E-state index in [4.69, 9.17) is 14.2 Å². The van der Waals surface area contributed by atoms with Gasteiger partial charge < -0.3 is 14.2 Å². The number of carbonyl (C=O) groups excluding carboxylic acids is 3. The Kier molecular flexibility index (Phi) is 52.3. The Morgan fingerprint density at radius 2 is 0.508 bits per heavy atom. The molecule has 0 spiro atoms.